The summed E-state index contributed by atoms with van der Waals surface area (Å²) in [6.07, 6.45) is 0. The maximum atomic E-state index is 13.0. The maximum Gasteiger partial charge on any atom is 0.387 e. The lowest BCUT2D eigenvalue weighted by Crippen LogP contribution is -2.28. The Morgan fingerprint density at radius 2 is 1.92 bits per heavy atom. The van der Waals surface area contributed by atoms with E-state index in [1.165, 1.54) is 24.3 Å². The van der Waals surface area contributed by atoms with Gasteiger partial charge in [0.25, 0.3) is 5.91 Å². The van der Waals surface area contributed by atoms with Crippen LogP contribution in [0, 0.1) is 5.82 Å². The Balaban J connectivity index is 1.87. The molecular formula is C16H13BrF3NO3. The molecule has 0 heterocycles. The Hall–Kier alpha value is -2.22. The summed E-state index contributed by atoms with van der Waals surface area (Å²) >= 11 is 3.12. The van der Waals surface area contributed by atoms with Gasteiger partial charge in [0.15, 0.2) is 6.61 Å². The molecule has 0 aliphatic heterocycles. The molecule has 4 nitrogen and oxygen atoms in total. The van der Waals surface area contributed by atoms with Crippen molar-refractivity contribution in [2.75, 3.05) is 6.61 Å². The van der Waals surface area contributed by atoms with Crippen LogP contribution in [-0.2, 0) is 11.3 Å². The van der Waals surface area contributed by atoms with Gasteiger partial charge in [0, 0.05) is 12.1 Å². The first-order valence-corrected chi connectivity index (χ1v) is 7.62. The zero-order chi connectivity index (χ0) is 17.5. The second-order valence-corrected chi connectivity index (χ2v) is 5.48. The standard InChI is InChI=1S/C16H13BrF3NO3/c17-12-7-11(18)5-6-14(12)23-9-15(22)21-8-10-3-1-2-4-13(10)24-16(19)20/h1-7,16H,8-9H2,(H,21,22). The molecule has 8 heteroatoms. The maximum absolute atomic E-state index is 13.0. The molecular weight excluding hydrogens is 391 g/mol. The van der Waals surface area contributed by atoms with E-state index in [-0.39, 0.29) is 18.9 Å². The van der Waals surface area contributed by atoms with Crippen molar-refractivity contribution in [2.45, 2.75) is 13.2 Å². The van der Waals surface area contributed by atoms with Gasteiger partial charge in [0.05, 0.1) is 4.47 Å². The van der Waals surface area contributed by atoms with Gasteiger partial charge < -0.3 is 14.8 Å². The van der Waals surface area contributed by atoms with Gasteiger partial charge in [0.1, 0.15) is 17.3 Å². The van der Waals surface area contributed by atoms with Gasteiger partial charge in [-0.3, -0.25) is 4.79 Å². The Morgan fingerprint density at radius 1 is 1.17 bits per heavy atom. The summed E-state index contributed by atoms with van der Waals surface area (Å²) in [5.74, 6) is -0.588. The second-order valence-electron chi connectivity index (χ2n) is 4.63. The minimum atomic E-state index is -2.94. The van der Waals surface area contributed by atoms with Crippen molar-refractivity contribution in [1.29, 1.82) is 0 Å². The number of hydrogen-bond acceptors (Lipinski definition) is 3. The highest BCUT2D eigenvalue weighted by Gasteiger charge is 2.11. The molecule has 1 N–H and O–H groups in total. The van der Waals surface area contributed by atoms with Crippen molar-refractivity contribution in [2.24, 2.45) is 0 Å². The molecule has 0 saturated carbocycles. The highest BCUT2D eigenvalue weighted by Crippen LogP contribution is 2.25. The molecule has 0 aliphatic rings. The van der Waals surface area contributed by atoms with Gasteiger partial charge in [-0.05, 0) is 40.2 Å². The first-order chi connectivity index (χ1) is 11.5. The molecule has 1 amide bonds. The summed E-state index contributed by atoms with van der Waals surface area (Å²) in [6.45, 7) is -3.24. The van der Waals surface area contributed by atoms with Crippen LogP contribution in [0.3, 0.4) is 0 Å². The SMILES string of the molecule is O=C(COc1ccc(F)cc1Br)NCc1ccccc1OC(F)F. The third-order valence-corrected chi connectivity index (χ3v) is 3.54. The zero-order valence-corrected chi connectivity index (χ0v) is 13.9. The summed E-state index contributed by atoms with van der Waals surface area (Å²) in [4.78, 5) is 11.8. The van der Waals surface area contributed by atoms with Crippen LogP contribution in [0.2, 0.25) is 0 Å². The number of halogens is 4. The minimum Gasteiger partial charge on any atom is -0.483 e. The number of hydrogen-bond donors (Lipinski definition) is 1. The first kappa shape index (κ1) is 18.1. The van der Waals surface area contributed by atoms with Gasteiger partial charge in [-0.25, -0.2) is 4.39 Å². The quantitative estimate of drug-likeness (QED) is 0.762. The Morgan fingerprint density at radius 3 is 2.62 bits per heavy atom. The molecule has 24 heavy (non-hydrogen) atoms. The number of alkyl halides is 2. The molecule has 0 aliphatic carbocycles. The van der Waals surface area contributed by atoms with E-state index in [0.29, 0.717) is 15.8 Å². The van der Waals surface area contributed by atoms with Crippen LogP contribution in [0.25, 0.3) is 0 Å². The monoisotopic (exact) mass is 403 g/mol. The van der Waals surface area contributed by atoms with Gasteiger partial charge in [-0.1, -0.05) is 18.2 Å². The number of para-hydroxylation sites is 1. The van der Waals surface area contributed by atoms with Crippen molar-refractivity contribution in [3.63, 3.8) is 0 Å². The summed E-state index contributed by atoms with van der Waals surface area (Å²) in [5.41, 5.74) is 0.411. The van der Waals surface area contributed by atoms with E-state index < -0.39 is 18.3 Å². The smallest absolute Gasteiger partial charge is 0.387 e. The Bertz CT molecular complexity index is 713. The van der Waals surface area contributed by atoms with Crippen LogP contribution in [-0.4, -0.2) is 19.1 Å². The Kier molecular flexibility index (Phi) is 6.48. The van der Waals surface area contributed by atoms with E-state index in [0.717, 1.165) is 0 Å². The summed E-state index contributed by atoms with van der Waals surface area (Å²) in [7, 11) is 0. The summed E-state index contributed by atoms with van der Waals surface area (Å²) in [6, 6.07) is 9.96. The molecule has 0 aromatic heterocycles. The van der Waals surface area contributed by atoms with Gasteiger partial charge in [-0.15, -0.1) is 0 Å². The van der Waals surface area contributed by atoms with Crippen molar-refractivity contribution in [3.05, 3.63) is 58.3 Å². The van der Waals surface area contributed by atoms with Gasteiger partial charge in [-0.2, -0.15) is 8.78 Å². The van der Waals surface area contributed by atoms with Gasteiger partial charge >= 0.3 is 6.61 Å². The predicted molar refractivity (Wildman–Crippen MR) is 84.5 cm³/mol. The van der Waals surface area contributed by atoms with Crippen LogP contribution < -0.4 is 14.8 Å². The number of carbonyl (C=O) groups is 1. The molecule has 0 saturated heterocycles. The van der Waals surface area contributed by atoms with E-state index >= 15 is 0 Å². The fraction of sp³-hybridized carbons (Fsp3) is 0.188. The van der Waals surface area contributed by atoms with E-state index in [9.17, 15) is 18.0 Å². The van der Waals surface area contributed by atoms with E-state index in [4.69, 9.17) is 4.74 Å². The number of amides is 1. The third-order valence-electron chi connectivity index (χ3n) is 2.92. The molecule has 2 aromatic carbocycles. The van der Waals surface area contributed by atoms with Crippen molar-refractivity contribution in [1.82, 2.24) is 5.32 Å². The number of carbonyl (C=O) groups excluding carboxylic acids is 1. The van der Waals surface area contributed by atoms with Crippen LogP contribution >= 0.6 is 15.9 Å². The fourth-order valence-corrected chi connectivity index (χ4v) is 2.31. The topological polar surface area (TPSA) is 47.6 Å². The number of rotatable bonds is 7. The highest BCUT2D eigenvalue weighted by atomic mass is 79.9. The van der Waals surface area contributed by atoms with Crippen molar-refractivity contribution in [3.8, 4) is 11.5 Å². The molecule has 0 unspecified atom stereocenters. The highest BCUT2D eigenvalue weighted by molar-refractivity contribution is 9.10. The first-order valence-electron chi connectivity index (χ1n) is 6.83. The molecule has 2 aromatic rings. The van der Waals surface area contributed by atoms with Gasteiger partial charge in [0.2, 0.25) is 0 Å². The predicted octanol–water partition coefficient (Wildman–Crippen LogP) is 3.88. The lowest BCUT2D eigenvalue weighted by Gasteiger charge is -2.12. The number of benzene rings is 2. The number of ether oxygens (including phenoxy) is 2. The summed E-state index contributed by atoms with van der Waals surface area (Å²) < 4.78 is 47.6. The van der Waals surface area contributed by atoms with Crippen molar-refractivity contribution < 1.29 is 27.4 Å². The Labute approximate surface area is 144 Å². The lowest BCUT2D eigenvalue weighted by molar-refractivity contribution is -0.123. The lowest BCUT2D eigenvalue weighted by atomic mass is 10.2. The average molecular weight is 404 g/mol. The average Bonchev–Trinajstić information content (AvgIpc) is 2.52. The normalized spacial score (nSPS) is 10.5. The van der Waals surface area contributed by atoms with Crippen LogP contribution in [0.15, 0.2) is 46.9 Å². The van der Waals surface area contributed by atoms with Crippen LogP contribution in [0.5, 0.6) is 11.5 Å². The number of nitrogens with one attached hydrogen (secondary N) is 1. The molecule has 0 atom stereocenters. The largest absolute Gasteiger partial charge is 0.483 e. The third kappa shape index (κ3) is 5.45. The summed E-state index contributed by atoms with van der Waals surface area (Å²) in [5, 5.41) is 2.54. The van der Waals surface area contributed by atoms with Crippen molar-refractivity contribution >= 4 is 21.8 Å². The second kappa shape index (κ2) is 8.58. The molecule has 0 bridgehead atoms. The van der Waals surface area contributed by atoms with E-state index in [2.05, 4.69) is 26.0 Å². The minimum absolute atomic E-state index is 0.00463. The molecule has 0 spiro atoms. The van der Waals surface area contributed by atoms with Crippen LogP contribution in [0.4, 0.5) is 13.2 Å². The molecule has 128 valence electrons. The van der Waals surface area contributed by atoms with Crippen LogP contribution in [0.1, 0.15) is 5.56 Å². The molecule has 0 radical (unpaired) electrons. The molecule has 2 rings (SSSR count). The van der Waals surface area contributed by atoms with E-state index in [1.807, 2.05) is 0 Å². The molecule has 0 fully saturated rings. The zero-order valence-electron chi connectivity index (χ0n) is 12.3. The van der Waals surface area contributed by atoms with E-state index in [1.54, 1.807) is 18.2 Å². The fourth-order valence-electron chi connectivity index (χ4n) is 1.84.